The van der Waals surface area contributed by atoms with Crippen LogP contribution in [0.15, 0.2) is 34.1 Å². The predicted molar refractivity (Wildman–Crippen MR) is 58.3 cm³/mol. The van der Waals surface area contributed by atoms with E-state index in [2.05, 4.69) is 22.8 Å². The SMILES string of the molecule is Cc1ccc(CNCc2cccs2)o1. The van der Waals surface area contributed by atoms with E-state index in [1.807, 2.05) is 19.1 Å². The molecule has 0 aromatic carbocycles. The van der Waals surface area contributed by atoms with Crippen molar-refractivity contribution < 1.29 is 4.42 Å². The molecule has 0 bridgehead atoms. The molecule has 0 unspecified atom stereocenters. The molecule has 0 aliphatic heterocycles. The van der Waals surface area contributed by atoms with Gasteiger partial charge in [0.1, 0.15) is 11.5 Å². The van der Waals surface area contributed by atoms with Gasteiger partial charge >= 0.3 is 0 Å². The van der Waals surface area contributed by atoms with Crippen LogP contribution in [-0.2, 0) is 13.1 Å². The summed E-state index contributed by atoms with van der Waals surface area (Å²) < 4.78 is 5.44. The van der Waals surface area contributed by atoms with Crippen LogP contribution in [0.5, 0.6) is 0 Å². The van der Waals surface area contributed by atoms with Gasteiger partial charge in [-0.25, -0.2) is 0 Å². The van der Waals surface area contributed by atoms with Crippen molar-refractivity contribution in [2.45, 2.75) is 20.0 Å². The summed E-state index contributed by atoms with van der Waals surface area (Å²) in [5.41, 5.74) is 0. The summed E-state index contributed by atoms with van der Waals surface area (Å²) in [6, 6.07) is 8.20. The number of nitrogens with one attached hydrogen (secondary N) is 1. The van der Waals surface area contributed by atoms with Gasteiger partial charge in [-0.2, -0.15) is 0 Å². The Bertz CT molecular complexity index is 378. The fourth-order valence-electron chi connectivity index (χ4n) is 1.30. The summed E-state index contributed by atoms with van der Waals surface area (Å²) in [6.07, 6.45) is 0. The summed E-state index contributed by atoms with van der Waals surface area (Å²) in [5.74, 6) is 1.97. The zero-order valence-corrected chi connectivity index (χ0v) is 8.93. The molecular formula is C11H13NOS. The summed E-state index contributed by atoms with van der Waals surface area (Å²) in [4.78, 5) is 1.35. The molecule has 0 atom stereocenters. The van der Waals surface area contributed by atoms with Crippen LogP contribution in [0.3, 0.4) is 0 Å². The molecule has 3 heteroatoms. The topological polar surface area (TPSA) is 25.2 Å². The lowest BCUT2D eigenvalue weighted by Crippen LogP contribution is -2.10. The van der Waals surface area contributed by atoms with E-state index in [4.69, 9.17) is 4.42 Å². The number of hydrogen-bond donors (Lipinski definition) is 1. The Kier molecular flexibility index (Phi) is 3.01. The first-order valence-corrected chi connectivity index (χ1v) is 5.51. The van der Waals surface area contributed by atoms with Gasteiger partial charge in [-0.1, -0.05) is 6.07 Å². The highest BCUT2D eigenvalue weighted by atomic mass is 32.1. The smallest absolute Gasteiger partial charge is 0.117 e. The normalized spacial score (nSPS) is 10.6. The quantitative estimate of drug-likeness (QED) is 0.834. The molecule has 74 valence electrons. The van der Waals surface area contributed by atoms with Crippen molar-refractivity contribution in [2.24, 2.45) is 0 Å². The Morgan fingerprint density at radius 1 is 1.29 bits per heavy atom. The van der Waals surface area contributed by atoms with Gasteiger partial charge in [0, 0.05) is 11.4 Å². The molecule has 0 amide bonds. The van der Waals surface area contributed by atoms with Crippen molar-refractivity contribution in [2.75, 3.05) is 0 Å². The van der Waals surface area contributed by atoms with E-state index >= 15 is 0 Å². The molecule has 0 saturated heterocycles. The van der Waals surface area contributed by atoms with Crippen molar-refractivity contribution >= 4 is 11.3 Å². The molecule has 2 aromatic rings. The van der Waals surface area contributed by atoms with Crippen molar-refractivity contribution in [1.29, 1.82) is 0 Å². The maximum absolute atomic E-state index is 5.44. The number of rotatable bonds is 4. The van der Waals surface area contributed by atoms with Crippen molar-refractivity contribution in [3.63, 3.8) is 0 Å². The van der Waals surface area contributed by atoms with Crippen molar-refractivity contribution in [1.82, 2.24) is 5.32 Å². The largest absolute Gasteiger partial charge is 0.465 e. The Balaban J connectivity index is 1.78. The number of furan rings is 1. The summed E-state index contributed by atoms with van der Waals surface area (Å²) in [7, 11) is 0. The highest BCUT2D eigenvalue weighted by Crippen LogP contribution is 2.09. The second-order valence-electron chi connectivity index (χ2n) is 3.20. The summed E-state index contributed by atoms with van der Waals surface area (Å²) in [6.45, 7) is 3.67. The molecule has 0 fully saturated rings. The third kappa shape index (κ3) is 2.47. The van der Waals surface area contributed by atoms with Gasteiger partial charge in [0.05, 0.1) is 6.54 Å². The zero-order chi connectivity index (χ0) is 9.80. The molecule has 2 rings (SSSR count). The number of aryl methyl sites for hydroxylation is 1. The molecule has 2 nitrogen and oxygen atoms in total. The first kappa shape index (κ1) is 9.49. The van der Waals surface area contributed by atoms with E-state index in [1.165, 1.54) is 4.88 Å². The van der Waals surface area contributed by atoms with Crippen LogP contribution in [0.4, 0.5) is 0 Å². The van der Waals surface area contributed by atoms with E-state index in [0.717, 1.165) is 24.6 Å². The third-order valence-electron chi connectivity index (χ3n) is 1.97. The fourth-order valence-corrected chi connectivity index (χ4v) is 1.98. The van der Waals surface area contributed by atoms with Gasteiger partial charge in [0.25, 0.3) is 0 Å². The third-order valence-corrected chi connectivity index (χ3v) is 2.85. The fraction of sp³-hybridized carbons (Fsp3) is 0.273. The van der Waals surface area contributed by atoms with Gasteiger partial charge in [0.2, 0.25) is 0 Å². The summed E-state index contributed by atoms with van der Waals surface area (Å²) in [5, 5.41) is 5.43. The van der Waals surface area contributed by atoms with Crippen LogP contribution in [0.25, 0.3) is 0 Å². The van der Waals surface area contributed by atoms with Crippen LogP contribution < -0.4 is 5.32 Å². The molecule has 0 spiro atoms. The average molecular weight is 207 g/mol. The van der Waals surface area contributed by atoms with Crippen molar-refractivity contribution in [3.8, 4) is 0 Å². The van der Waals surface area contributed by atoms with Gasteiger partial charge in [-0.3, -0.25) is 0 Å². The maximum atomic E-state index is 5.44. The number of hydrogen-bond acceptors (Lipinski definition) is 3. The minimum absolute atomic E-state index is 0.797. The molecular weight excluding hydrogens is 194 g/mol. The van der Waals surface area contributed by atoms with Gasteiger partial charge < -0.3 is 9.73 Å². The summed E-state index contributed by atoms with van der Waals surface area (Å²) >= 11 is 1.77. The molecule has 14 heavy (non-hydrogen) atoms. The minimum atomic E-state index is 0.797. The van der Waals surface area contributed by atoms with Gasteiger partial charge in [-0.15, -0.1) is 11.3 Å². The van der Waals surface area contributed by atoms with E-state index in [1.54, 1.807) is 11.3 Å². The van der Waals surface area contributed by atoms with Crippen LogP contribution >= 0.6 is 11.3 Å². The van der Waals surface area contributed by atoms with E-state index in [0.29, 0.717) is 0 Å². The lowest BCUT2D eigenvalue weighted by molar-refractivity contribution is 0.462. The van der Waals surface area contributed by atoms with E-state index in [9.17, 15) is 0 Å². The predicted octanol–water partition coefficient (Wildman–Crippen LogP) is 2.94. The van der Waals surface area contributed by atoms with Crippen LogP contribution in [0.2, 0.25) is 0 Å². The van der Waals surface area contributed by atoms with Crippen LogP contribution in [-0.4, -0.2) is 0 Å². The molecule has 0 radical (unpaired) electrons. The Hall–Kier alpha value is -1.06. The molecule has 0 aliphatic carbocycles. The van der Waals surface area contributed by atoms with Crippen LogP contribution in [0.1, 0.15) is 16.4 Å². The lowest BCUT2D eigenvalue weighted by atomic mass is 10.4. The molecule has 0 aliphatic rings. The Labute approximate surface area is 87.6 Å². The van der Waals surface area contributed by atoms with Gasteiger partial charge in [0.15, 0.2) is 0 Å². The monoisotopic (exact) mass is 207 g/mol. The number of thiophene rings is 1. The Morgan fingerprint density at radius 3 is 2.86 bits per heavy atom. The average Bonchev–Trinajstić information content (AvgIpc) is 2.77. The van der Waals surface area contributed by atoms with Crippen molar-refractivity contribution in [3.05, 3.63) is 46.0 Å². The van der Waals surface area contributed by atoms with E-state index < -0.39 is 0 Å². The van der Waals surface area contributed by atoms with Crippen LogP contribution in [0, 0.1) is 6.92 Å². The highest BCUT2D eigenvalue weighted by molar-refractivity contribution is 7.09. The van der Waals surface area contributed by atoms with E-state index in [-0.39, 0.29) is 0 Å². The molecule has 1 N–H and O–H groups in total. The Morgan fingerprint density at radius 2 is 2.21 bits per heavy atom. The minimum Gasteiger partial charge on any atom is -0.465 e. The molecule has 2 aromatic heterocycles. The second kappa shape index (κ2) is 4.44. The first-order chi connectivity index (χ1) is 6.84. The second-order valence-corrected chi connectivity index (χ2v) is 4.23. The molecule has 0 saturated carbocycles. The lowest BCUT2D eigenvalue weighted by Gasteiger charge is -1.99. The first-order valence-electron chi connectivity index (χ1n) is 4.63. The zero-order valence-electron chi connectivity index (χ0n) is 8.12. The highest BCUT2D eigenvalue weighted by Gasteiger charge is 1.98. The standard InChI is InChI=1S/C11H13NOS/c1-9-4-5-10(13-9)7-12-8-11-3-2-6-14-11/h2-6,12H,7-8H2,1H3. The van der Waals surface area contributed by atoms with Gasteiger partial charge in [-0.05, 0) is 30.5 Å². The molecule has 2 heterocycles. The maximum Gasteiger partial charge on any atom is 0.117 e.